The lowest BCUT2D eigenvalue weighted by Crippen LogP contribution is -2.05. The van der Waals surface area contributed by atoms with E-state index in [1.54, 1.807) is 0 Å². The molecule has 0 atom stereocenters. The minimum Gasteiger partial charge on any atom is -0.282 e. The summed E-state index contributed by atoms with van der Waals surface area (Å²) in [5, 5.41) is -0.729. The van der Waals surface area contributed by atoms with Gasteiger partial charge in [0.15, 0.2) is 5.03 Å². The van der Waals surface area contributed by atoms with Gasteiger partial charge in [0.1, 0.15) is 10.4 Å². The molecule has 2 N–H and O–H groups in total. The summed E-state index contributed by atoms with van der Waals surface area (Å²) >= 11 is 0. The van der Waals surface area contributed by atoms with Gasteiger partial charge in [0, 0.05) is 6.20 Å². The van der Waals surface area contributed by atoms with Crippen LogP contribution in [0.15, 0.2) is 34.3 Å². The van der Waals surface area contributed by atoms with Crippen LogP contribution in [0, 0.1) is 0 Å². The lowest BCUT2D eigenvalue weighted by atomic mass is 10.3. The average molecular weight is 290 g/mol. The summed E-state index contributed by atoms with van der Waals surface area (Å²) < 4.78 is 61.8. The van der Waals surface area contributed by atoms with E-state index in [4.69, 9.17) is 9.11 Å². The van der Waals surface area contributed by atoms with E-state index in [2.05, 4.69) is 9.97 Å². The standard InChI is InChI=1S/C8H6N2O6S2/c11-17(12,13)6-3-4-9-5-1-2-7(10-8(5)6)18(14,15)16/h1-4H,(H,11,12,13)(H,14,15,16). The van der Waals surface area contributed by atoms with Crippen molar-refractivity contribution in [3.8, 4) is 0 Å². The molecule has 0 aliphatic heterocycles. The molecule has 0 aliphatic carbocycles. The summed E-state index contributed by atoms with van der Waals surface area (Å²) in [6, 6.07) is 3.11. The van der Waals surface area contributed by atoms with Gasteiger partial charge in [-0.05, 0) is 18.2 Å². The van der Waals surface area contributed by atoms with Gasteiger partial charge in [-0.3, -0.25) is 14.1 Å². The normalized spacial score (nSPS) is 12.8. The van der Waals surface area contributed by atoms with Crippen molar-refractivity contribution in [3.63, 3.8) is 0 Å². The molecule has 2 rings (SSSR count). The Bertz CT molecular complexity index is 828. The van der Waals surface area contributed by atoms with Crippen molar-refractivity contribution in [2.24, 2.45) is 0 Å². The van der Waals surface area contributed by atoms with E-state index in [9.17, 15) is 16.8 Å². The minimum absolute atomic E-state index is 0.0672. The number of hydrogen-bond donors (Lipinski definition) is 2. The van der Waals surface area contributed by atoms with Crippen molar-refractivity contribution in [1.82, 2.24) is 9.97 Å². The Kier molecular flexibility index (Phi) is 2.81. The molecule has 0 fully saturated rings. The molecule has 2 heterocycles. The first-order valence-corrected chi connectivity index (χ1v) is 7.28. The van der Waals surface area contributed by atoms with Gasteiger partial charge in [-0.15, -0.1) is 0 Å². The van der Waals surface area contributed by atoms with Crippen molar-refractivity contribution in [2.75, 3.05) is 0 Å². The van der Waals surface area contributed by atoms with E-state index in [1.165, 1.54) is 6.07 Å². The van der Waals surface area contributed by atoms with E-state index in [-0.39, 0.29) is 11.0 Å². The van der Waals surface area contributed by atoms with Gasteiger partial charge in [0.2, 0.25) is 0 Å². The molecule has 0 saturated heterocycles. The van der Waals surface area contributed by atoms with Crippen LogP contribution in [0.4, 0.5) is 0 Å². The number of hydrogen-bond acceptors (Lipinski definition) is 6. The minimum atomic E-state index is -4.57. The van der Waals surface area contributed by atoms with Crippen LogP contribution in [0.5, 0.6) is 0 Å². The molecular weight excluding hydrogens is 284 g/mol. The van der Waals surface area contributed by atoms with E-state index in [0.29, 0.717) is 0 Å². The largest absolute Gasteiger partial charge is 0.312 e. The van der Waals surface area contributed by atoms with Crippen molar-refractivity contribution in [3.05, 3.63) is 24.4 Å². The van der Waals surface area contributed by atoms with Crippen LogP contribution in [-0.4, -0.2) is 35.9 Å². The second-order valence-corrected chi connectivity index (χ2v) is 6.03. The van der Waals surface area contributed by atoms with Crippen LogP contribution in [-0.2, 0) is 20.2 Å². The van der Waals surface area contributed by atoms with E-state index in [0.717, 1.165) is 18.3 Å². The molecule has 96 valence electrons. The lowest BCUT2D eigenvalue weighted by Gasteiger charge is -2.03. The summed E-state index contributed by atoms with van der Waals surface area (Å²) in [5.74, 6) is 0. The number of aromatic nitrogens is 2. The molecule has 0 unspecified atom stereocenters. The molecule has 10 heteroatoms. The maximum atomic E-state index is 11.1. The fraction of sp³-hybridized carbons (Fsp3) is 0. The highest BCUT2D eigenvalue weighted by Crippen LogP contribution is 2.20. The van der Waals surface area contributed by atoms with Crippen molar-refractivity contribution >= 4 is 31.3 Å². The smallest absolute Gasteiger partial charge is 0.282 e. The maximum Gasteiger partial charge on any atom is 0.312 e. The summed E-state index contributed by atoms with van der Waals surface area (Å²) in [4.78, 5) is 6.65. The van der Waals surface area contributed by atoms with Gasteiger partial charge in [-0.2, -0.15) is 16.8 Å². The first-order valence-electron chi connectivity index (χ1n) is 4.40. The third-order valence-electron chi connectivity index (χ3n) is 2.06. The van der Waals surface area contributed by atoms with Crippen molar-refractivity contribution < 1.29 is 25.9 Å². The third-order valence-corrected chi connectivity index (χ3v) is 3.70. The monoisotopic (exact) mass is 290 g/mol. The zero-order valence-corrected chi connectivity index (χ0v) is 10.2. The first-order chi connectivity index (χ1) is 8.19. The Morgan fingerprint density at radius 1 is 0.944 bits per heavy atom. The van der Waals surface area contributed by atoms with Crippen LogP contribution in [0.2, 0.25) is 0 Å². The fourth-order valence-electron chi connectivity index (χ4n) is 1.34. The molecule has 0 aromatic carbocycles. The van der Waals surface area contributed by atoms with Gasteiger partial charge < -0.3 is 0 Å². The molecule has 0 saturated carbocycles. The first kappa shape index (κ1) is 12.8. The lowest BCUT2D eigenvalue weighted by molar-refractivity contribution is 0.477. The highest BCUT2D eigenvalue weighted by Gasteiger charge is 2.19. The van der Waals surface area contributed by atoms with Crippen LogP contribution in [0.25, 0.3) is 11.0 Å². The molecule has 2 aromatic rings. The van der Waals surface area contributed by atoms with Crippen LogP contribution >= 0.6 is 0 Å². The third kappa shape index (κ3) is 2.31. The van der Waals surface area contributed by atoms with E-state index < -0.39 is 30.2 Å². The fourth-order valence-corrected chi connectivity index (χ4v) is 2.41. The second-order valence-electron chi connectivity index (χ2n) is 3.28. The topological polar surface area (TPSA) is 135 Å². The van der Waals surface area contributed by atoms with Gasteiger partial charge in [-0.1, -0.05) is 0 Å². The molecule has 0 amide bonds. The Morgan fingerprint density at radius 3 is 2.17 bits per heavy atom. The zero-order valence-electron chi connectivity index (χ0n) is 8.55. The van der Waals surface area contributed by atoms with E-state index >= 15 is 0 Å². The Hall–Kier alpha value is -1.62. The molecule has 0 spiro atoms. The molecule has 0 radical (unpaired) electrons. The quantitative estimate of drug-likeness (QED) is 0.745. The van der Waals surface area contributed by atoms with E-state index in [1.807, 2.05) is 0 Å². The van der Waals surface area contributed by atoms with Gasteiger partial charge in [0.25, 0.3) is 10.1 Å². The predicted octanol–water partition coefficient (Wildman–Crippen LogP) is 0.123. The highest BCUT2D eigenvalue weighted by molar-refractivity contribution is 7.86. The predicted molar refractivity (Wildman–Crippen MR) is 59.2 cm³/mol. The molecular formula is C8H6N2O6S2. The van der Waals surface area contributed by atoms with Crippen molar-refractivity contribution in [2.45, 2.75) is 9.92 Å². The maximum absolute atomic E-state index is 11.1. The highest BCUT2D eigenvalue weighted by atomic mass is 32.2. The summed E-state index contributed by atoms with van der Waals surface area (Å²) in [6.07, 6.45) is 1.13. The van der Waals surface area contributed by atoms with Crippen LogP contribution < -0.4 is 0 Å². The SMILES string of the molecule is O=S(=O)(O)c1ccc2nccc(S(=O)(=O)O)c2n1. The molecule has 0 bridgehead atoms. The summed E-state index contributed by atoms with van der Waals surface area (Å²) in [5.41, 5.74) is -0.271. The molecule has 0 aliphatic rings. The van der Waals surface area contributed by atoms with Gasteiger partial charge in [-0.25, -0.2) is 4.98 Å². The Labute approximate surface area is 102 Å². The second kappa shape index (κ2) is 3.95. The molecule has 18 heavy (non-hydrogen) atoms. The zero-order chi connectivity index (χ0) is 13.6. The number of fused-ring (bicyclic) bond motifs is 1. The van der Waals surface area contributed by atoms with Gasteiger partial charge in [0.05, 0.1) is 5.52 Å². The van der Waals surface area contributed by atoms with Crippen LogP contribution in [0.1, 0.15) is 0 Å². The average Bonchev–Trinajstić information content (AvgIpc) is 2.25. The summed E-state index contributed by atoms with van der Waals surface area (Å²) in [6.45, 7) is 0. The number of pyridine rings is 2. The Morgan fingerprint density at radius 2 is 1.61 bits per heavy atom. The number of rotatable bonds is 2. The Balaban J connectivity index is 2.91. The van der Waals surface area contributed by atoms with Gasteiger partial charge >= 0.3 is 10.1 Å². The van der Waals surface area contributed by atoms with Crippen LogP contribution in [0.3, 0.4) is 0 Å². The van der Waals surface area contributed by atoms with Crippen molar-refractivity contribution in [1.29, 1.82) is 0 Å². The summed E-state index contributed by atoms with van der Waals surface area (Å²) in [7, 11) is -9.14. The number of nitrogens with zero attached hydrogens (tertiary/aromatic N) is 2. The molecule has 2 aromatic heterocycles. The molecule has 8 nitrogen and oxygen atoms in total.